The first-order valence-electron chi connectivity index (χ1n) is 6.71. The van der Waals surface area contributed by atoms with E-state index in [1.165, 1.54) is 0 Å². The summed E-state index contributed by atoms with van der Waals surface area (Å²) in [5, 5.41) is 6.92. The van der Waals surface area contributed by atoms with Gasteiger partial charge in [-0.1, -0.05) is 13.8 Å². The van der Waals surface area contributed by atoms with Gasteiger partial charge >= 0.3 is 0 Å². The van der Waals surface area contributed by atoms with Crippen molar-refractivity contribution in [3.05, 3.63) is 30.5 Å². The number of pyridine rings is 1. The summed E-state index contributed by atoms with van der Waals surface area (Å²) in [6, 6.07) is 7.46. The van der Waals surface area contributed by atoms with E-state index in [-0.39, 0.29) is 12.5 Å². The van der Waals surface area contributed by atoms with E-state index in [1.807, 2.05) is 18.2 Å². The lowest BCUT2D eigenvalue weighted by molar-refractivity contribution is -0.119. The molecule has 106 valence electrons. The number of hydrogen-bond acceptors (Lipinski definition) is 4. The predicted octanol–water partition coefficient (Wildman–Crippen LogP) is 2.00. The Morgan fingerprint density at radius 1 is 1.35 bits per heavy atom. The lowest BCUT2D eigenvalue weighted by Crippen LogP contribution is -2.32. The van der Waals surface area contributed by atoms with Crippen LogP contribution in [-0.2, 0) is 4.79 Å². The summed E-state index contributed by atoms with van der Waals surface area (Å²) in [6.45, 7) is 5.05. The van der Waals surface area contributed by atoms with Gasteiger partial charge < -0.3 is 16.4 Å². The molecule has 0 aliphatic carbocycles. The molecule has 5 nitrogen and oxygen atoms in total. The van der Waals surface area contributed by atoms with Gasteiger partial charge in [-0.25, -0.2) is 0 Å². The van der Waals surface area contributed by atoms with Gasteiger partial charge in [-0.15, -0.1) is 0 Å². The molecule has 0 aliphatic heterocycles. The quantitative estimate of drug-likeness (QED) is 0.727. The van der Waals surface area contributed by atoms with Gasteiger partial charge in [0, 0.05) is 23.8 Å². The van der Waals surface area contributed by atoms with Crippen LogP contribution in [0.1, 0.15) is 13.8 Å². The fraction of sp³-hybridized carbons (Fsp3) is 0.333. The molecule has 0 aliphatic rings. The molecule has 0 unspecified atom stereocenters. The van der Waals surface area contributed by atoms with Gasteiger partial charge in [0.1, 0.15) is 0 Å². The highest BCUT2D eigenvalue weighted by molar-refractivity contribution is 5.99. The molecule has 1 aromatic heterocycles. The molecule has 2 aromatic rings. The number of hydrogen-bond donors (Lipinski definition) is 3. The number of anilines is 2. The molecule has 0 fully saturated rings. The van der Waals surface area contributed by atoms with Crippen LogP contribution in [0.5, 0.6) is 0 Å². The molecule has 0 bridgehead atoms. The summed E-state index contributed by atoms with van der Waals surface area (Å²) in [4.78, 5) is 16.0. The fourth-order valence-electron chi connectivity index (χ4n) is 1.90. The van der Waals surface area contributed by atoms with E-state index in [0.717, 1.165) is 16.6 Å². The van der Waals surface area contributed by atoms with Gasteiger partial charge in [-0.3, -0.25) is 9.78 Å². The average Bonchev–Trinajstić information content (AvgIpc) is 2.45. The number of nitrogens with one attached hydrogen (secondary N) is 2. The molecule has 0 atom stereocenters. The van der Waals surface area contributed by atoms with Gasteiger partial charge in [0.05, 0.1) is 17.7 Å². The van der Waals surface area contributed by atoms with Gasteiger partial charge in [-0.05, 0) is 30.2 Å². The molecule has 1 heterocycles. The van der Waals surface area contributed by atoms with Crippen molar-refractivity contribution in [3.63, 3.8) is 0 Å². The minimum Gasteiger partial charge on any atom is -0.397 e. The van der Waals surface area contributed by atoms with Crippen LogP contribution >= 0.6 is 0 Å². The van der Waals surface area contributed by atoms with Crippen LogP contribution < -0.4 is 16.4 Å². The van der Waals surface area contributed by atoms with Crippen molar-refractivity contribution in [2.45, 2.75) is 13.8 Å². The summed E-state index contributed by atoms with van der Waals surface area (Å²) < 4.78 is 0. The number of rotatable bonds is 5. The Morgan fingerprint density at radius 2 is 2.15 bits per heavy atom. The Bertz CT molecular complexity index is 610. The second-order valence-corrected chi connectivity index (χ2v) is 5.15. The maximum Gasteiger partial charge on any atom is 0.239 e. The van der Waals surface area contributed by atoms with E-state index < -0.39 is 0 Å². The number of nitrogens with zero attached hydrogens (tertiary/aromatic N) is 1. The summed E-state index contributed by atoms with van der Waals surface area (Å²) in [5.41, 5.74) is 8.14. The molecule has 0 saturated carbocycles. The number of benzene rings is 1. The van der Waals surface area contributed by atoms with E-state index >= 15 is 0 Å². The minimum absolute atomic E-state index is 0.0208. The fourth-order valence-corrected chi connectivity index (χ4v) is 1.90. The van der Waals surface area contributed by atoms with Crippen LogP contribution in [0.25, 0.3) is 10.9 Å². The molecule has 0 spiro atoms. The predicted molar refractivity (Wildman–Crippen MR) is 82.5 cm³/mol. The first-order chi connectivity index (χ1) is 9.58. The molecule has 1 amide bonds. The highest BCUT2D eigenvalue weighted by Gasteiger charge is 2.06. The van der Waals surface area contributed by atoms with Crippen molar-refractivity contribution < 1.29 is 4.79 Å². The molecule has 0 saturated heterocycles. The summed E-state index contributed by atoms with van der Waals surface area (Å²) in [7, 11) is 0. The van der Waals surface area contributed by atoms with E-state index in [0.29, 0.717) is 18.2 Å². The highest BCUT2D eigenvalue weighted by atomic mass is 16.1. The zero-order chi connectivity index (χ0) is 14.5. The van der Waals surface area contributed by atoms with Crippen molar-refractivity contribution in [2.24, 2.45) is 5.92 Å². The lowest BCUT2D eigenvalue weighted by Gasteiger charge is -2.12. The zero-order valence-corrected chi connectivity index (χ0v) is 11.8. The third-order valence-electron chi connectivity index (χ3n) is 2.95. The maximum absolute atomic E-state index is 11.7. The monoisotopic (exact) mass is 272 g/mol. The van der Waals surface area contributed by atoms with Crippen LogP contribution in [-0.4, -0.2) is 24.0 Å². The van der Waals surface area contributed by atoms with Crippen LogP contribution in [0.2, 0.25) is 0 Å². The van der Waals surface area contributed by atoms with E-state index in [4.69, 9.17) is 5.73 Å². The smallest absolute Gasteiger partial charge is 0.239 e. The normalized spacial score (nSPS) is 10.8. The van der Waals surface area contributed by atoms with E-state index in [1.54, 1.807) is 12.3 Å². The highest BCUT2D eigenvalue weighted by Crippen LogP contribution is 2.26. The van der Waals surface area contributed by atoms with Crippen LogP contribution in [0.15, 0.2) is 30.5 Å². The number of amides is 1. The Morgan fingerprint density at radius 3 is 2.90 bits per heavy atom. The number of carbonyl (C=O) groups excluding carboxylic acids is 1. The lowest BCUT2D eigenvalue weighted by atomic mass is 10.1. The van der Waals surface area contributed by atoms with Crippen LogP contribution in [0, 0.1) is 5.92 Å². The average molecular weight is 272 g/mol. The minimum atomic E-state index is -0.0208. The molecule has 20 heavy (non-hydrogen) atoms. The third-order valence-corrected chi connectivity index (χ3v) is 2.95. The Kier molecular flexibility index (Phi) is 4.40. The SMILES string of the molecule is CC(C)CNC(=O)CNc1ccc(N)c2ncccc12. The van der Waals surface area contributed by atoms with Gasteiger partial charge in [0.15, 0.2) is 0 Å². The van der Waals surface area contributed by atoms with Crippen molar-refractivity contribution in [3.8, 4) is 0 Å². The number of nitrogens with two attached hydrogens (primary N) is 1. The standard InChI is InChI=1S/C15H20N4O/c1-10(2)8-19-14(20)9-18-13-6-5-12(16)15-11(13)4-3-7-17-15/h3-7,10,18H,8-9,16H2,1-2H3,(H,19,20). The van der Waals surface area contributed by atoms with Crippen molar-refractivity contribution in [1.29, 1.82) is 0 Å². The van der Waals surface area contributed by atoms with Crippen LogP contribution in [0.4, 0.5) is 11.4 Å². The van der Waals surface area contributed by atoms with Crippen molar-refractivity contribution in [1.82, 2.24) is 10.3 Å². The number of nitrogen functional groups attached to an aromatic ring is 1. The summed E-state index contributed by atoms with van der Waals surface area (Å²) >= 11 is 0. The van der Waals surface area contributed by atoms with Crippen LogP contribution in [0.3, 0.4) is 0 Å². The molecule has 2 rings (SSSR count). The molecule has 5 heteroatoms. The zero-order valence-electron chi connectivity index (χ0n) is 11.8. The second-order valence-electron chi connectivity index (χ2n) is 5.15. The summed E-state index contributed by atoms with van der Waals surface area (Å²) in [5.74, 6) is 0.424. The van der Waals surface area contributed by atoms with E-state index in [9.17, 15) is 4.79 Å². The molecular formula is C15H20N4O. The molecule has 1 aromatic carbocycles. The first-order valence-corrected chi connectivity index (χ1v) is 6.71. The van der Waals surface area contributed by atoms with Gasteiger partial charge in [0.2, 0.25) is 5.91 Å². The number of carbonyl (C=O) groups is 1. The topological polar surface area (TPSA) is 80.0 Å². The van der Waals surface area contributed by atoms with Crippen molar-refractivity contribution in [2.75, 3.05) is 24.1 Å². The Labute approximate surface area is 118 Å². The second kappa shape index (κ2) is 6.23. The van der Waals surface area contributed by atoms with Gasteiger partial charge in [0.25, 0.3) is 0 Å². The molecule has 0 radical (unpaired) electrons. The van der Waals surface area contributed by atoms with E-state index in [2.05, 4.69) is 29.5 Å². The third kappa shape index (κ3) is 3.38. The number of aromatic nitrogens is 1. The summed E-state index contributed by atoms with van der Waals surface area (Å²) in [6.07, 6.45) is 1.71. The molecule has 4 N–H and O–H groups in total. The largest absolute Gasteiger partial charge is 0.397 e. The van der Waals surface area contributed by atoms with Gasteiger partial charge in [-0.2, -0.15) is 0 Å². The Balaban J connectivity index is 2.07. The maximum atomic E-state index is 11.7. The Hall–Kier alpha value is -2.30. The number of fused-ring (bicyclic) bond motifs is 1. The van der Waals surface area contributed by atoms with Crippen molar-refractivity contribution >= 4 is 28.2 Å². The molecular weight excluding hydrogens is 252 g/mol. The first kappa shape index (κ1) is 14.1.